The third-order valence-electron chi connectivity index (χ3n) is 1.25. The van der Waals surface area contributed by atoms with Crippen molar-refractivity contribution in [1.29, 1.82) is 0 Å². The normalized spacial score (nSPS) is 8.60. The van der Waals surface area contributed by atoms with E-state index in [9.17, 15) is 0 Å². The molecule has 1 aromatic heterocycles. The zero-order chi connectivity index (χ0) is 6.85. The van der Waals surface area contributed by atoms with Crippen LogP contribution in [0.5, 0.6) is 0 Å². The van der Waals surface area contributed by atoms with Crippen LogP contribution in [0.1, 0.15) is 17.1 Å². The van der Waals surface area contributed by atoms with Crippen LogP contribution >= 0.6 is 0 Å². The van der Waals surface area contributed by atoms with E-state index in [1.807, 2.05) is 13.8 Å². The van der Waals surface area contributed by atoms with Gasteiger partial charge in [0, 0.05) is 32.7 Å². The average molecular weight is 209 g/mol. The Labute approximate surface area is 86.4 Å². The van der Waals surface area contributed by atoms with Gasteiger partial charge >= 0.3 is 0 Å². The Hall–Kier alpha value is 0.124. The molecule has 1 heterocycles. The van der Waals surface area contributed by atoms with Crippen LogP contribution in [0.3, 0.4) is 0 Å². The number of hydrogen-bond donors (Lipinski definition) is 0. The van der Waals surface area contributed by atoms with Gasteiger partial charge in [0.25, 0.3) is 0 Å². The van der Waals surface area contributed by atoms with Gasteiger partial charge in [-0.25, -0.2) is 6.07 Å². The zero-order valence-corrected chi connectivity index (χ0v) is 8.98. The number of rotatable bonds is 1. The second-order valence-electron chi connectivity index (χ2n) is 1.94. The van der Waals surface area contributed by atoms with E-state index in [0.717, 1.165) is 11.3 Å². The molecule has 0 spiro atoms. The summed E-state index contributed by atoms with van der Waals surface area (Å²) in [6.45, 7) is 9.01. The first-order chi connectivity index (χ1) is 4.24. The predicted octanol–water partition coefficient (Wildman–Crippen LogP) is 2.14. The molecule has 0 aromatic carbocycles. The third kappa shape index (κ3) is 2.07. The van der Waals surface area contributed by atoms with Crippen molar-refractivity contribution in [3.63, 3.8) is 0 Å². The Balaban J connectivity index is 0.000000810. The molecule has 0 aliphatic carbocycles. The SMILES string of the molecule is [CH-]=Cc1[c-]c(C)c(C)o1.[Y]. The standard InChI is InChI=1S/C8H8O.Y/c1-4-8-5-6(2)7(3)9-8;/h1,4H,2-3H3;/q-2;. The summed E-state index contributed by atoms with van der Waals surface area (Å²) in [5.74, 6) is 1.50. The Morgan fingerprint density at radius 2 is 2.10 bits per heavy atom. The van der Waals surface area contributed by atoms with E-state index >= 15 is 0 Å². The van der Waals surface area contributed by atoms with Crippen LogP contribution in [0.4, 0.5) is 0 Å². The topological polar surface area (TPSA) is 13.1 Å². The maximum Gasteiger partial charge on any atom is 0 e. The van der Waals surface area contributed by atoms with Crippen molar-refractivity contribution in [2.24, 2.45) is 0 Å². The molecule has 0 atom stereocenters. The fraction of sp³-hybridized carbons (Fsp3) is 0.250. The molecule has 10 heavy (non-hydrogen) atoms. The molecule has 2 heteroatoms. The maximum atomic E-state index is 5.18. The van der Waals surface area contributed by atoms with Gasteiger partial charge in [0.15, 0.2) is 0 Å². The average Bonchev–Trinajstić information content (AvgIpc) is 2.13. The van der Waals surface area contributed by atoms with Gasteiger partial charge in [0.2, 0.25) is 0 Å². The predicted molar refractivity (Wildman–Crippen MR) is 35.8 cm³/mol. The first kappa shape index (κ1) is 10.1. The van der Waals surface area contributed by atoms with Crippen LogP contribution in [-0.2, 0) is 32.7 Å². The quantitative estimate of drug-likeness (QED) is 0.646. The fourth-order valence-electron chi connectivity index (χ4n) is 0.615. The van der Waals surface area contributed by atoms with E-state index in [4.69, 9.17) is 11.0 Å². The van der Waals surface area contributed by atoms with Crippen LogP contribution < -0.4 is 0 Å². The molecule has 0 saturated heterocycles. The van der Waals surface area contributed by atoms with Crippen molar-refractivity contribution in [3.8, 4) is 0 Å². The molecule has 0 fully saturated rings. The summed E-state index contributed by atoms with van der Waals surface area (Å²) in [5, 5.41) is 0. The van der Waals surface area contributed by atoms with Crippen LogP contribution in [0, 0.1) is 26.5 Å². The van der Waals surface area contributed by atoms with Gasteiger partial charge in [-0.15, -0.1) is 5.56 Å². The van der Waals surface area contributed by atoms with E-state index in [2.05, 4.69) is 6.07 Å². The van der Waals surface area contributed by atoms with Crippen molar-refractivity contribution in [3.05, 3.63) is 29.7 Å². The second-order valence-corrected chi connectivity index (χ2v) is 1.94. The van der Waals surface area contributed by atoms with Gasteiger partial charge < -0.3 is 17.1 Å². The van der Waals surface area contributed by atoms with Crippen molar-refractivity contribution in [2.75, 3.05) is 0 Å². The van der Waals surface area contributed by atoms with Crippen LogP contribution in [0.25, 0.3) is 6.08 Å². The smallest absolute Gasteiger partial charge is 0 e. The van der Waals surface area contributed by atoms with Gasteiger partial charge in [0.1, 0.15) is 0 Å². The first-order valence-electron chi connectivity index (χ1n) is 2.78. The molecule has 0 amide bonds. The van der Waals surface area contributed by atoms with E-state index in [1.54, 1.807) is 0 Å². The number of aryl methyl sites for hydroxylation is 2. The molecule has 0 saturated carbocycles. The van der Waals surface area contributed by atoms with Crippen molar-refractivity contribution in [1.82, 2.24) is 0 Å². The van der Waals surface area contributed by atoms with Gasteiger partial charge in [-0.05, 0) is 5.76 Å². The number of furan rings is 1. The van der Waals surface area contributed by atoms with Gasteiger partial charge in [-0.1, -0.05) is 13.8 Å². The molecular formula is C8H8OY-2. The number of hydrogen-bond acceptors (Lipinski definition) is 1. The minimum Gasteiger partial charge on any atom is -0.630 e. The molecule has 0 aliphatic heterocycles. The van der Waals surface area contributed by atoms with Crippen LogP contribution in [0.15, 0.2) is 4.42 Å². The van der Waals surface area contributed by atoms with Crippen LogP contribution in [0.2, 0.25) is 0 Å². The fourth-order valence-corrected chi connectivity index (χ4v) is 0.615. The summed E-state index contributed by atoms with van der Waals surface area (Å²) in [6, 6.07) is 2.95. The summed E-state index contributed by atoms with van der Waals surface area (Å²) in [7, 11) is 0. The van der Waals surface area contributed by atoms with Crippen LogP contribution in [-0.4, -0.2) is 0 Å². The summed E-state index contributed by atoms with van der Waals surface area (Å²) < 4.78 is 5.13. The molecule has 1 aromatic rings. The summed E-state index contributed by atoms with van der Waals surface area (Å²) in [5.41, 5.74) is 1.02. The van der Waals surface area contributed by atoms with Gasteiger partial charge in [-0.3, -0.25) is 0 Å². The Morgan fingerprint density at radius 1 is 1.50 bits per heavy atom. The Morgan fingerprint density at radius 3 is 2.30 bits per heavy atom. The van der Waals surface area contributed by atoms with E-state index in [1.165, 1.54) is 6.08 Å². The molecule has 51 valence electrons. The molecule has 1 radical (unpaired) electrons. The van der Waals surface area contributed by atoms with Crippen molar-refractivity contribution in [2.45, 2.75) is 13.8 Å². The molecule has 0 bridgehead atoms. The monoisotopic (exact) mass is 209 g/mol. The second kappa shape index (κ2) is 4.10. The van der Waals surface area contributed by atoms with E-state index in [0.29, 0.717) is 5.76 Å². The van der Waals surface area contributed by atoms with Crippen molar-refractivity contribution >= 4 is 6.08 Å². The zero-order valence-electron chi connectivity index (χ0n) is 6.14. The van der Waals surface area contributed by atoms with E-state index in [-0.39, 0.29) is 32.7 Å². The largest absolute Gasteiger partial charge is 0.630 e. The molecule has 1 rings (SSSR count). The van der Waals surface area contributed by atoms with E-state index < -0.39 is 0 Å². The molecule has 0 N–H and O–H groups in total. The summed E-state index contributed by atoms with van der Waals surface area (Å²) in [6.07, 6.45) is 1.40. The third-order valence-corrected chi connectivity index (χ3v) is 1.25. The van der Waals surface area contributed by atoms with Gasteiger partial charge in [-0.2, -0.15) is 5.76 Å². The minimum atomic E-state index is 0. The maximum absolute atomic E-state index is 5.18. The molecule has 1 nitrogen and oxygen atoms in total. The first-order valence-corrected chi connectivity index (χ1v) is 2.78. The molecule has 0 unspecified atom stereocenters. The summed E-state index contributed by atoms with van der Waals surface area (Å²) in [4.78, 5) is 0. The summed E-state index contributed by atoms with van der Waals surface area (Å²) >= 11 is 0. The molecule has 0 aliphatic rings. The Bertz CT molecular complexity index is 206. The minimum absolute atomic E-state index is 0. The van der Waals surface area contributed by atoms with Gasteiger partial charge in [0.05, 0.1) is 0 Å². The molecular weight excluding hydrogens is 201 g/mol. The Kier molecular flexibility index (Phi) is 4.15. The van der Waals surface area contributed by atoms with Crippen molar-refractivity contribution < 1.29 is 37.1 Å².